The summed E-state index contributed by atoms with van der Waals surface area (Å²) in [5.74, 6) is 0.916. The van der Waals surface area contributed by atoms with Gasteiger partial charge in [0, 0.05) is 24.3 Å². The lowest BCUT2D eigenvalue weighted by atomic mass is 10.1. The van der Waals surface area contributed by atoms with Crippen LogP contribution < -0.4 is 5.01 Å². The molecule has 0 aliphatic carbocycles. The van der Waals surface area contributed by atoms with Gasteiger partial charge in [0.05, 0.1) is 0 Å². The van der Waals surface area contributed by atoms with Crippen molar-refractivity contribution >= 4 is 11.5 Å². The third-order valence-electron chi connectivity index (χ3n) is 3.40. The minimum absolute atomic E-state index is 0.319. The van der Waals surface area contributed by atoms with Gasteiger partial charge in [0.15, 0.2) is 0 Å². The number of hydrogen-bond acceptors (Lipinski definition) is 2. The first-order valence-electron chi connectivity index (χ1n) is 5.85. The molecule has 0 bridgehead atoms. The quantitative estimate of drug-likeness (QED) is 0.749. The number of aromatic nitrogens is 2. The zero-order valence-electron chi connectivity index (χ0n) is 9.99. The van der Waals surface area contributed by atoms with Gasteiger partial charge in [-0.1, -0.05) is 25.1 Å². The molecule has 0 saturated carbocycles. The Morgan fingerprint density at radius 2 is 1.88 bits per heavy atom. The molecule has 2 atom stereocenters. The largest absolute Gasteiger partial charge is 0.427 e. The minimum atomic E-state index is 0.319. The fourth-order valence-corrected chi connectivity index (χ4v) is 2.20. The second-order valence-electron chi connectivity index (χ2n) is 4.42. The lowest BCUT2D eigenvalue weighted by Gasteiger charge is -2.48. The summed E-state index contributed by atoms with van der Waals surface area (Å²) >= 11 is 0. The maximum absolute atomic E-state index is 4.64. The maximum Gasteiger partial charge on any atom is 0.0399 e. The van der Waals surface area contributed by atoms with Crippen LogP contribution in [0.2, 0.25) is 0 Å². The zero-order chi connectivity index (χ0) is 11.8. The highest BCUT2D eigenvalue weighted by Crippen LogP contribution is 2.37. The van der Waals surface area contributed by atoms with E-state index in [1.165, 1.54) is 0 Å². The number of nitrogens with zero attached hydrogens (tertiary/aromatic N) is 4. The van der Waals surface area contributed by atoms with E-state index in [-0.39, 0.29) is 0 Å². The number of hydrogen-bond donors (Lipinski definition) is 0. The van der Waals surface area contributed by atoms with E-state index in [2.05, 4.69) is 46.0 Å². The zero-order valence-corrected chi connectivity index (χ0v) is 9.99. The van der Waals surface area contributed by atoms with Crippen LogP contribution >= 0.6 is 0 Å². The van der Waals surface area contributed by atoms with Gasteiger partial charge >= 0.3 is 0 Å². The van der Waals surface area contributed by atoms with Gasteiger partial charge in [-0.3, -0.25) is 4.98 Å². The Kier molecular flexibility index (Phi) is 2.28. The molecule has 4 nitrogen and oxygen atoms in total. The fourth-order valence-electron chi connectivity index (χ4n) is 2.20. The third kappa shape index (κ3) is 1.56. The normalized spacial score (nSPS) is 23.1. The van der Waals surface area contributed by atoms with Crippen molar-refractivity contribution < 1.29 is 0 Å². The second-order valence-corrected chi connectivity index (χ2v) is 4.42. The molecule has 0 saturated heterocycles. The van der Waals surface area contributed by atoms with Crippen molar-refractivity contribution in [3.05, 3.63) is 48.3 Å². The van der Waals surface area contributed by atoms with Crippen LogP contribution in [0.4, 0.5) is 11.5 Å². The Hall–Kier alpha value is -1.97. The summed E-state index contributed by atoms with van der Waals surface area (Å²) in [4.78, 5) is 4.16. The highest BCUT2D eigenvalue weighted by molar-refractivity contribution is 5.59. The molecule has 0 radical (unpaired) electrons. The van der Waals surface area contributed by atoms with Gasteiger partial charge < -0.3 is 15.0 Å². The van der Waals surface area contributed by atoms with E-state index in [1.807, 2.05) is 24.5 Å². The average molecular weight is 227 g/mol. The van der Waals surface area contributed by atoms with Gasteiger partial charge in [-0.05, 0) is 30.9 Å². The SMILES string of the molecule is CC1C(C)n2cncc2[N-]N1c1ccccc1. The Morgan fingerprint density at radius 3 is 2.65 bits per heavy atom. The Labute approximate surface area is 101 Å². The minimum Gasteiger partial charge on any atom is -0.427 e. The fraction of sp³-hybridized carbons (Fsp3) is 0.308. The van der Waals surface area contributed by atoms with Crippen LogP contribution in [0.5, 0.6) is 0 Å². The highest BCUT2D eigenvalue weighted by atomic mass is 15.6. The molecule has 2 heterocycles. The first-order valence-corrected chi connectivity index (χ1v) is 5.85. The number of fused-ring (bicyclic) bond motifs is 1. The van der Waals surface area contributed by atoms with E-state index < -0.39 is 0 Å². The van der Waals surface area contributed by atoms with Gasteiger partial charge in [-0.15, -0.1) is 0 Å². The monoisotopic (exact) mass is 227 g/mol. The van der Waals surface area contributed by atoms with Crippen molar-refractivity contribution in [3.8, 4) is 0 Å². The molecule has 1 aliphatic heterocycles. The Bertz CT molecular complexity index is 505. The van der Waals surface area contributed by atoms with Crippen molar-refractivity contribution in [2.75, 3.05) is 5.01 Å². The number of para-hydroxylation sites is 1. The van der Waals surface area contributed by atoms with Crippen LogP contribution in [0.25, 0.3) is 5.43 Å². The molecule has 0 fully saturated rings. The van der Waals surface area contributed by atoms with E-state index in [4.69, 9.17) is 0 Å². The Morgan fingerprint density at radius 1 is 1.12 bits per heavy atom. The molecule has 88 valence electrons. The lowest BCUT2D eigenvalue weighted by Crippen LogP contribution is -2.38. The van der Waals surface area contributed by atoms with Crippen molar-refractivity contribution in [1.82, 2.24) is 9.55 Å². The molecule has 0 spiro atoms. The maximum atomic E-state index is 4.64. The molecule has 0 amide bonds. The summed E-state index contributed by atoms with van der Waals surface area (Å²) < 4.78 is 2.12. The standard InChI is InChI=1S/C13H15N4/c1-10-11(2)17(12-6-4-3-5-7-12)15-13-8-14-9-16(10)13/h3-11H,1-2H3/q-1. The molecule has 3 rings (SSSR count). The molecule has 17 heavy (non-hydrogen) atoms. The van der Waals surface area contributed by atoms with Crippen molar-refractivity contribution in [2.24, 2.45) is 0 Å². The number of imidazole rings is 1. The Balaban J connectivity index is 1.99. The predicted octanol–water partition coefficient (Wildman–Crippen LogP) is 3.27. The first kappa shape index (κ1) is 10.2. The van der Waals surface area contributed by atoms with Gasteiger partial charge in [-0.2, -0.15) is 0 Å². The van der Waals surface area contributed by atoms with Crippen molar-refractivity contribution in [3.63, 3.8) is 0 Å². The third-order valence-corrected chi connectivity index (χ3v) is 3.40. The molecule has 1 aromatic heterocycles. The molecule has 4 heteroatoms. The molecule has 2 aromatic rings. The predicted molar refractivity (Wildman–Crippen MR) is 68.3 cm³/mol. The van der Waals surface area contributed by atoms with Crippen LogP contribution in [0.1, 0.15) is 19.9 Å². The van der Waals surface area contributed by atoms with Crippen LogP contribution in [0.3, 0.4) is 0 Å². The van der Waals surface area contributed by atoms with E-state index in [0.717, 1.165) is 11.5 Å². The van der Waals surface area contributed by atoms with E-state index in [9.17, 15) is 0 Å². The summed E-state index contributed by atoms with van der Waals surface area (Å²) in [5.41, 5.74) is 5.77. The van der Waals surface area contributed by atoms with Crippen LogP contribution in [0, 0.1) is 0 Å². The van der Waals surface area contributed by atoms with E-state index in [1.54, 1.807) is 6.20 Å². The van der Waals surface area contributed by atoms with Gasteiger partial charge in [0.2, 0.25) is 0 Å². The van der Waals surface area contributed by atoms with E-state index >= 15 is 0 Å². The van der Waals surface area contributed by atoms with Crippen LogP contribution in [-0.2, 0) is 0 Å². The summed E-state index contributed by atoms with van der Waals surface area (Å²) in [5, 5.41) is 2.07. The van der Waals surface area contributed by atoms with Crippen molar-refractivity contribution in [1.29, 1.82) is 0 Å². The molecular formula is C13H15N4-. The lowest BCUT2D eigenvalue weighted by molar-refractivity contribution is 0.437. The topological polar surface area (TPSA) is 35.2 Å². The van der Waals surface area contributed by atoms with E-state index in [0.29, 0.717) is 12.1 Å². The molecular weight excluding hydrogens is 212 g/mol. The molecule has 1 aliphatic rings. The smallest absolute Gasteiger partial charge is 0.0399 e. The van der Waals surface area contributed by atoms with Crippen molar-refractivity contribution in [2.45, 2.75) is 25.9 Å². The van der Waals surface area contributed by atoms with Gasteiger partial charge in [-0.25, -0.2) is 0 Å². The van der Waals surface area contributed by atoms with Gasteiger partial charge in [0.1, 0.15) is 0 Å². The summed E-state index contributed by atoms with van der Waals surface area (Å²) in [6, 6.07) is 10.9. The molecule has 2 unspecified atom stereocenters. The van der Waals surface area contributed by atoms with Crippen LogP contribution in [0.15, 0.2) is 42.9 Å². The first-order chi connectivity index (χ1) is 8.27. The second kappa shape index (κ2) is 3.80. The number of rotatable bonds is 1. The summed E-state index contributed by atoms with van der Waals surface area (Å²) in [7, 11) is 0. The average Bonchev–Trinajstić information content (AvgIpc) is 2.83. The van der Waals surface area contributed by atoms with Gasteiger partial charge in [0.25, 0.3) is 0 Å². The number of benzene rings is 1. The summed E-state index contributed by atoms with van der Waals surface area (Å²) in [6.07, 6.45) is 3.65. The summed E-state index contributed by atoms with van der Waals surface area (Å²) in [6.45, 7) is 4.38. The number of anilines is 1. The molecule has 1 aromatic carbocycles. The van der Waals surface area contributed by atoms with Crippen LogP contribution in [-0.4, -0.2) is 15.6 Å². The highest BCUT2D eigenvalue weighted by Gasteiger charge is 2.22. The molecule has 0 N–H and O–H groups in total.